The standard InChI is InChI=1S/C22H44P4Si.Sb/c1-18(2,3)16-24(21(10,11)12)15-22(20(7,8)9)25(16)17(19(4,5)6)27(13,14)26(22)23-15;/h15,23H,1-14H3;. The molecule has 8 unspecified atom stereocenters. The van der Waals surface area contributed by atoms with Crippen molar-refractivity contribution in [2.45, 2.75) is 117 Å². The summed E-state index contributed by atoms with van der Waals surface area (Å²) in [5.41, 5.74) is 1.60. The molecule has 0 spiro atoms. The Bertz CT molecular complexity index is 725. The van der Waals surface area contributed by atoms with Gasteiger partial charge in [0.25, 0.3) is 0 Å². The summed E-state index contributed by atoms with van der Waals surface area (Å²) >= 11 is -0.258. The van der Waals surface area contributed by atoms with Gasteiger partial charge in [-0.15, -0.1) is 0 Å². The van der Waals surface area contributed by atoms with Gasteiger partial charge in [0.1, 0.15) is 0 Å². The average molecular weight is 582 g/mol. The molecule has 28 heavy (non-hydrogen) atoms. The average Bonchev–Trinajstić information content (AvgIpc) is 2.54. The Labute approximate surface area is 193 Å². The summed E-state index contributed by atoms with van der Waals surface area (Å²) in [5, 5.41) is 1.67. The van der Waals surface area contributed by atoms with E-state index in [2.05, 4.69) is 96.2 Å². The fourth-order valence-corrected chi connectivity index (χ4v) is 92.1. The van der Waals surface area contributed by atoms with Crippen LogP contribution >= 0.6 is 31.3 Å². The van der Waals surface area contributed by atoms with Crippen LogP contribution in [0.15, 0.2) is 0 Å². The maximum absolute atomic E-state index is 2.92. The van der Waals surface area contributed by atoms with Crippen molar-refractivity contribution in [3.8, 4) is 0 Å². The molecule has 4 aliphatic heterocycles. The van der Waals surface area contributed by atoms with Crippen molar-refractivity contribution < 1.29 is 0 Å². The van der Waals surface area contributed by atoms with Gasteiger partial charge in [0.05, 0.1) is 0 Å². The van der Waals surface area contributed by atoms with Crippen LogP contribution in [0.3, 0.4) is 0 Å². The summed E-state index contributed by atoms with van der Waals surface area (Å²) in [6, 6.07) is 0. The van der Waals surface area contributed by atoms with Crippen LogP contribution in [0.2, 0.25) is 13.1 Å². The van der Waals surface area contributed by atoms with Crippen molar-refractivity contribution >= 4 is 60.6 Å². The quantitative estimate of drug-likeness (QED) is 0.198. The molecular weight excluding hydrogens is 538 g/mol. The SMILES string of the molecule is CC(C)(C)P1C2PP3C2(C(C)(C)C)P2[C]1(C(C)(C)C)[Sb][C]2(C(C)(C)C)[Si]3(C)C. The van der Waals surface area contributed by atoms with Gasteiger partial charge in [0.2, 0.25) is 0 Å². The molecule has 161 valence electrons. The first-order chi connectivity index (χ1) is 12.2. The van der Waals surface area contributed by atoms with Gasteiger partial charge >= 0.3 is 194 Å². The minimum atomic E-state index is -1.21. The second-order valence-electron chi connectivity index (χ2n) is 14.2. The predicted molar refractivity (Wildman–Crippen MR) is 142 cm³/mol. The minimum absolute atomic E-state index is 0.131. The number of hydrogen-bond acceptors (Lipinski definition) is 0. The zero-order chi connectivity index (χ0) is 21.7. The second kappa shape index (κ2) is 5.87. The summed E-state index contributed by atoms with van der Waals surface area (Å²) in [6.07, 6.45) is 0. The Hall–Kier alpha value is 2.76. The van der Waals surface area contributed by atoms with Crippen LogP contribution in [0, 0.1) is 16.2 Å². The number of hydrogen-bond donors (Lipinski definition) is 0. The summed E-state index contributed by atoms with van der Waals surface area (Å²) < 4.78 is 1.70. The molecule has 0 aromatic rings. The molecule has 0 aromatic carbocycles. The second-order valence-corrected chi connectivity index (χ2v) is 44.9. The predicted octanol–water partition coefficient (Wildman–Crippen LogP) is 8.84. The third kappa shape index (κ3) is 2.18. The Balaban J connectivity index is 2.10. The molecule has 8 atom stereocenters. The summed E-state index contributed by atoms with van der Waals surface area (Å²) in [7, 11) is 0.736. The molecule has 4 aliphatic rings. The van der Waals surface area contributed by atoms with Gasteiger partial charge in [0, 0.05) is 0 Å². The molecule has 0 bridgehead atoms. The van der Waals surface area contributed by atoms with E-state index in [4.69, 9.17) is 0 Å². The van der Waals surface area contributed by atoms with Crippen LogP contribution in [-0.4, -0.2) is 50.4 Å². The van der Waals surface area contributed by atoms with E-state index in [9.17, 15) is 0 Å². The Morgan fingerprint density at radius 2 is 1.29 bits per heavy atom. The van der Waals surface area contributed by atoms with Crippen LogP contribution < -0.4 is 0 Å². The molecule has 0 aliphatic carbocycles. The van der Waals surface area contributed by atoms with Crippen LogP contribution in [0.1, 0.15) is 83.1 Å². The fraction of sp³-hybridized carbons (Fsp3) is 1.00. The molecule has 4 rings (SSSR count). The van der Waals surface area contributed by atoms with E-state index in [0.717, 1.165) is 15.9 Å². The first-order valence-corrected chi connectivity index (χ1v) is 23.5. The van der Waals surface area contributed by atoms with Crippen LogP contribution in [0.25, 0.3) is 0 Å². The van der Waals surface area contributed by atoms with Crippen molar-refractivity contribution in [1.82, 2.24) is 0 Å². The zero-order valence-corrected chi connectivity index (χ0v) is 28.1. The van der Waals surface area contributed by atoms with E-state index in [1.807, 2.05) is 0 Å². The van der Waals surface area contributed by atoms with Crippen LogP contribution in [0.4, 0.5) is 0 Å². The van der Waals surface area contributed by atoms with E-state index in [1.165, 1.54) is 8.27 Å². The number of rotatable bonds is 0. The van der Waals surface area contributed by atoms with Crippen molar-refractivity contribution in [2.24, 2.45) is 16.2 Å². The Morgan fingerprint density at radius 1 is 0.786 bits per heavy atom. The summed E-state index contributed by atoms with van der Waals surface area (Å²) in [6.45, 7) is 38.0. The van der Waals surface area contributed by atoms with Gasteiger partial charge in [0.15, 0.2) is 0 Å². The molecule has 0 nitrogen and oxygen atoms in total. The molecule has 4 saturated heterocycles. The first kappa shape index (κ1) is 23.9. The van der Waals surface area contributed by atoms with E-state index in [1.54, 1.807) is 0 Å². The molecular formula is C22H44P4SbSi. The Morgan fingerprint density at radius 3 is 1.64 bits per heavy atom. The normalized spacial score (nSPS) is 50.4. The van der Waals surface area contributed by atoms with Crippen molar-refractivity contribution in [1.29, 1.82) is 0 Å². The van der Waals surface area contributed by atoms with Gasteiger partial charge in [-0.1, -0.05) is 0 Å². The molecule has 0 N–H and O–H groups in total. The first-order valence-electron chi connectivity index (χ1n) is 11.1. The van der Waals surface area contributed by atoms with Gasteiger partial charge in [-0.05, 0) is 0 Å². The molecule has 0 saturated carbocycles. The zero-order valence-electron chi connectivity index (χ0n) is 20.9. The molecule has 1 radical (unpaired) electrons. The molecule has 0 amide bonds. The fourth-order valence-electron chi connectivity index (χ4n) is 7.53. The monoisotopic (exact) mass is 581 g/mol. The Kier molecular flexibility index (Phi) is 5.01. The van der Waals surface area contributed by atoms with Gasteiger partial charge in [-0.2, -0.15) is 0 Å². The topological polar surface area (TPSA) is 0 Å². The maximum atomic E-state index is 2.92. The third-order valence-corrected chi connectivity index (χ3v) is 65.6. The van der Waals surface area contributed by atoms with Crippen molar-refractivity contribution in [2.75, 3.05) is 0 Å². The summed E-state index contributed by atoms with van der Waals surface area (Å²) in [4.78, 5) is 0.791. The van der Waals surface area contributed by atoms with Gasteiger partial charge in [-0.25, -0.2) is 0 Å². The molecule has 6 heteroatoms. The van der Waals surface area contributed by atoms with Crippen LogP contribution in [-0.2, 0) is 0 Å². The van der Waals surface area contributed by atoms with Crippen molar-refractivity contribution in [3.63, 3.8) is 0 Å². The van der Waals surface area contributed by atoms with Gasteiger partial charge in [-0.3, -0.25) is 0 Å². The molecule has 4 fully saturated rings. The van der Waals surface area contributed by atoms with E-state index in [-0.39, 0.29) is 37.5 Å². The van der Waals surface area contributed by atoms with E-state index >= 15 is 0 Å². The molecule has 0 aromatic heterocycles. The van der Waals surface area contributed by atoms with E-state index < -0.39 is 7.74 Å². The van der Waals surface area contributed by atoms with Gasteiger partial charge < -0.3 is 0 Å². The third-order valence-electron chi connectivity index (χ3n) is 8.15. The summed E-state index contributed by atoms with van der Waals surface area (Å²) in [5.74, 6) is 0. The van der Waals surface area contributed by atoms with Crippen molar-refractivity contribution in [3.05, 3.63) is 0 Å². The van der Waals surface area contributed by atoms with Crippen LogP contribution in [0.5, 0.6) is 0 Å². The molecule has 4 heterocycles. The van der Waals surface area contributed by atoms with E-state index in [0.29, 0.717) is 28.6 Å².